The number of hydrogen-bond acceptors (Lipinski definition) is 1. The number of carbonyl (C=O) groups is 1. The molecule has 0 saturated heterocycles. The molecule has 2 nitrogen and oxygen atoms in total. The van der Waals surface area contributed by atoms with E-state index in [2.05, 4.69) is 5.32 Å². The molecule has 0 aliphatic heterocycles. The van der Waals surface area contributed by atoms with Gasteiger partial charge in [-0.3, -0.25) is 4.79 Å². The monoisotopic (exact) mass is 255 g/mol. The second kappa shape index (κ2) is 6.36. The minimum Gasteiger partial charge on any atom is -0.321 e. The number of halogens is 2. The summed E-state index contributed by atoms with van der Waals surface area (Å²) in [5, 5.41) is 3.61. The molecule has 16 heavy (non-hydrogen) atoms. The van der Waals surface area contributed by atoms with Crippen LogP contribution in [0.25, 0.3) is 0 Å². The van der Waals surface area contributed by atoms with E-state index in [9.17, 15) is 4.79 Å². The normalized spacial score (nSPS) is 11.2. The quantitative estimate of drug-likeness (QED) is 0.641. The molecule has 1 N–H and O–H groups in total. The second-order valence-electron chi connectivity index (χ2n) is 3.00. The van der Waals surface area contributed by atoms with Crippen molar-refractivity contribution in [1.29, 1.82) is 0 Å². The largest absolute Gasteiger partial charge is 0.321 e. The molecule has 0 heterocycles. The fourth-order valence-corrected chi connectivity index (χ4v) is 1.36. The third kappa shape index (κ3) is 4.09. The molecule has 0 aromatic heterocycles. The molecule has 1 rings (SSSR count). The second-order valence-corrected chi connectivity index (χ2v) is 3.84. The van der Waals surface area contributed by atoms with Gasteiger partial charge < -0.3 is 5.32 Å². The van der Waals surface area contributed by atoms with Crippen molar-refractivity contribution in [2.75, 3.05) is 5.32 Å². The van der Waals surface area contributed by atoms with Crippen LogP contribution in [0.2, 0.25) is 10.0 Å². The lowest BCUT2D eigenvalue weighted by Crippen LogP contribution is -2.07. The molecule has 0 aliphatic rings. The van der Waals surface area contributed by atoms with Crippen molar-refractivity contribution in [2.45, 2.75) is 6.92 Å². The Balaban J connectivity index is 2.73. The van der Waals surface area contributed by atoms with E-state index in [0.717, 1.165) is 0 Å². The standard InChI is InChI=1S/C12H11Cl2NO/c1-2-3-4-5-12(16)15-11-8-9(13)6-7-10(11)14/h2-8H,1H3,(H,15,16)/b3-2+,5-4+. The molecule has 0 bridgehead atoms. The molecule has 0 fully saturated rings. The Morgan fingerprint density at radius 3 is 2.75 bits per heavy atom. The van der Waals surface area contributed by atoms with Crippen LogP contribution in [0.3, 0.4) is 0 Å². The summed E-state index contributed by atoms with van der Waals surface area (Å²) in [4.78, 5) is 11.4. The third-order valence-corrected chi connectivity index (χ3v) is 2.30. The number of rotatable bonds is 3. The summed E-state index contributed by atoms with van der Waals surface area (Å²) in [7, 11) is 0. The third-order valence-electron chi connectivity index (χ3n) is 1.74. The zero-order valence-electron chi connectivity index (χ0n) is 8.71. The van der Waals surface area contributed by atoms with Crippen molar-refractivity contribution in [1.82, 2.24) is 0 Å². The molecule has 0 atom stereocenters. The van der Waals surface area contributed by atoms with Gasteiger partial charge in [-0.2, -0.15) is 0 Å². The molecule has 0 aliphatic carbocycles. The molecule has 1 aromatic rings. The van der Waals surface area contributed by atoms with Crippen LogP contribution in [-0.4, -0.2) is 5.91 Å². The molecular formula is C12H11Cl2NO. The van der Waals surface area contributed by atoms with Gasteiger partial charge >= 0.3 is 0 Å². The first-order valence-corrected chi connectivity index (χ1v) is 5.44. The maximum atomic E-state index is 11.4. The van der Waals surface area contributed by atoms with Crippen LogP contribution in [0, 0.1) is 0 Å². The molecule has 0 unspecified atom stereocenters. The fraction of sp³-hybridized carbons (Fsp3) is 0.0833. The van der Waals surface area contributed by atoms with Crippen molar-refractivity contribution in [3.63, 3.8) is 0 Å². The molecule has 1 amide bonds. The summed E-state index contributed by atoms with van der Waals surface area (Å²) in [6.07, 6.45) is 6.65. The minimum absolute atomic E-state index is 0.248. The highest BCUT2D eigenvalue weighted by molar-refractivity contribution is 6.35. The lowest BCUT2D eigenvalue weighted by atomic mass is 10.3. The van der Waals surface area contributed by atoms with Gasteiger partial charge in [0.25, 0.3) is 0 Å². The average molecular weight is 256 g/mol. The predicted molar refractivity (Wildman–Crippen MR) is 69.0 cm³/mol. The van der Waals surface area contributed by atoms with Crippen molar-refractivity contribution in [3.8, 4) is 0 Å². The Bertz CT molecular complexity index is 439. The maximum Gasteiger partial charge on any atom is 0.248 e. The Morgan fingerprint density at radius 2 is 2.06 bits per heavy atom. The SMILES string of the molecule is C/C=C/C=C/C(=O)Nc1cc(Cl)ccc1Cl. The van der Waals surface area contributed by atoms with Crippen molar-refractivity contribution in [2.24, 2.45) is 0 Å². The van der Waals surface area contributed by atoms with Crippen LogP contribution in [0.4, 0.5) is 5.69 Å². The van der Waals surface area contributed by atoms with Gasteiger partial charge in [0, 0.05) is 11.1 Å². The Labute approximate surface area is 105 Å². The van der Waals surface area contributed by atoms with Crippen LogP contribution in [0.1, 0.15) is 6.92 Å². The van der Waals surface area contributed by atoms with E-state index in [1.54, 1.807) is 30.4 Å². The highest BCUT2D eigenvalue weighted by Gasteiger charge is 2.03. The summed E-state index contributed by atoms with van der Waals surface area (Å²) in [5.74, 6) is -0.248. The van der Waals surface area contributed by atoms with Crippen LogP contribution in [-0.2, 0) is 4.79 Å². The molecule has 84 valence electrons. The number of amides is 1. The first-order chi connectivity index (χ1) is 7.63. The zero-order chi connectivity index (χ0) is 12.0. The first kappa shape index (κ1) is 12.8. The van der Waals surface area contributed by atoms with E-state index in [1.807, 2.05) is 13.0 Å². The first-order valence-electron chi connectivity index (χ1n) is 4.69. The molecule has 4 heteroatoms. The lowest BCUT2D eigenvalue weighted by Gasteiger charge is -2.04. The summed E-state index contributed by atoms with van der Waals surface area (Å²) >= 11 is 11.7. The minimum atomic E-state index is -0.248. The number of anilines is 1. The van der Waals surface area contributed by atoms with E-state index in [0.29, 0.717) is 15.7 Å². The average Bonchev–Trinajstić information content (AvgIpc) is 2.24. The van der Waals surface area contributed by atoms with Gasteiger partial charge in [0.1, 0.15) is 0 Å². The summed E-state index contributed by atoms with van der Waals surface area (Å²) in [6, 6.07) is 4.90. The van der Waals surface area contributed by atoms with Crippen LogP contribution in [0.5, 0.6) is 0 Å². The van der Waals surface area contributed by atoms with Gasteiger partial charge in [-0.15, -0.1) is 0 Å². The number of nitrogens with one attached hydrogen (secondary N) is 1. The number of benzene rings is 1. The van der Waals surface area contributed by atoms with Gasteiger partial charge in [0.05, 0.1) is 10.7 Å². The summed E-state index contributed by atoms with van der Waals surface area (Å²) in [5.41, 5.74) is 0.504. The van der Waals surface area contributed by atoms with E-state index in [4.69, 9.17) is 23.2 Å². The van der Waals surface area contributed by atoms with Gasteiger partial charge in [0.15, 0.2) is 0 Å². The topological polar surface area (TPSA) is 29.1 Å². The Morgan fingerprint density at radius 1 is 1.31 bits per heavy atom. The van der Waals surface area contributed by atoms with E-state index >= 15 is 0 Å². The van der Waals surface area contributed by atoms with Gasteiger partial charge in [0.2, 0.25) is 5.91 Å². The molecule has 0 saturated carbocycles. The van der Waals surface area contributed by atoms with Gasteiger partial charge in [-0.25, -0.2) is 0 Å². The van der Waals surface area contributed by atoms with Crippen LogP contribution in [0.15, 0.2) is 42.5 Å². The molecule has 0 radical (unpaired) electrons. The molecular weight excluding hydrogens is 245 g/mol. The molecule has 1 aromatic carbocycles. The fourth-order valence-electron chi connectivity index (χ4n) is 1.02. The van der Waals surface area contributed by atoms with Crippen LogP contribution >= 0.6 is 23.2 Å². The van der Waals surface area contributed by atoms with E-state index in [1.165, 1.54) is 6.08 Å². The van der Waals surface area contributed by atoms with Gasteiger partial charge in [-0.05, 0) is 25.1 Å². The molecule has 0 spiro atoms. The number of allylic oxidation sites excluding steroid dienone is 3. The van der Waals surface area contributed by atoms with E-state index < -0.39 is 0 Å². The number of hydrogen-bond donors (Lipinski definition) is 1. The number of carbonyl (C=O) groups excluding carboxylic acids is 1. The Kier molecular flexibility index (Phi) is 5.09. The Hall–Kier alpha value is -1.25. The lowest BCUT2D eigenvalue weighted by molar-refractivity contribution is -0.111. The smallest absolute Gasteiger partial charge is 0.248 e. The van der Waals surface area contributed by atoms with Crippen molar-refractivity contribution >= 4 is 34.8 Å². The van der Waals surface area contributed by atoms with E-state index in [-0.39, 0.29) is 5.91 Å². The summed E-state index contributed by atoms with van der Waals surface area (Å²) < 4.78 is 0. The van der Waals surface area contributed by atoms with Crippen molar-refractivity contribution < 1.29 is 4.79 Å². The van der Waals surface area contributed by atoms with Crippen molar-refractivity contribution in [3.05, 3.63) is 52.5 Å². The highest BCUT2D eigenvalue weighted by atomic mass is 35.5. The van der Waals surface area contributed by atoms with Crippen LogP contribution < -0.4 is 5.32 Å². The summed E-state index contributed by atoms with van der Waals surface area (Å²) in [6.45, 7) is 1.87. The maximum absolute atomic E-state index is 11.4. The highest BCUT2D eigenvalue weighted by Crippen LogP contribution is 2.25. The van der Waals surface area contributed by atoms with Gasteiger partial charge in [-0.1, -0.05) is 41.4 Å². The zero-order valence-corrected chi connectivity index (χ0v) is 10.2. The predicted octanol–water partition coefficient (Wildman–Crippen LogP) is 4.06.